The fraction of sp³-hybridized carbons (Fsp3) is 0.227. The predicted molar refractivity (Wildman–Crippen MR) is 111 cm³/mol. The van der Waals surface area contributed by atoms with Crippen LogP contribution in [0.15, 0.2) is 53.5 Å². The van der Waals surface area contributed by atoms with Crippen LogP contribution in [0.5, 0.6) is 0 Å². The van der Waals surface area contributed by atoms with Gasteiger partial charge in [0.25, 0.3) is 11.5 Å². The smallest absolute Gasteiger partial charge is 0.272 e. The van der Waals surface area contributed by atoms with Crippen LogP contribution in [0.25, 0.3) is 16.7 Å². The van der Waals surface area contributed by atoms with Crippen LogP contribution >= 0.6 is 0 Å². The Bertz CT molecular complexity index is 1260. The highest BCUT2D eigenvalue weighted by atomic mass is 16.2. The number of nitrogens with one attached hydrogen (secondary N) is 1. The van der Waals surface area contributed by atoms with Crippen molar-refractivity contribution in [1.82, 2.24) is 14.0 Å². The number of aromatic nitrogens is 3. The Hall–Kier alpha value is -3.41. The lowest BCUT2D eigenvalue weighted by Gasteiger charge is -2.09. The lowest BCUT2D eigenvalue weighted by molar-refractivity contribution is 0.101. The summed E-state index contributed by atoms with van der Waals surface area (Å²) < 4.78 is 3.19. The standard InChI is InChI=1S/C22H22N4O2/c1-13(2)15-7-9-16(10-8-15)23-21(27)18-12-17-20(25(18)4)24-19-14(3)6-5-11-26(19)22(17)28/h5-13H,1-4H3,(H,23,27). The molecule has 0 fully saturated rings. The predicted octanol–water partition coefficient (Wildman–Crippen LogP) is 3.87. The maximum absolute atomic E-state index is 12.9. The average Bonchev–Trinajstić information content (AvgIpc) is 3.00. The summed E-state index contributed by atoms with van der Waals surface area (Å²) in [5.74, 6) is 0.155. The van der Waals surface area contributed by atoms with Gasteiger partial charge in [-0.2, -0.15) is 0 Å². The molecule has 0 radical (unpaired) electrons. The molecular weight excluding hydrogens is 352 g/mol. The van der Waals surface area contributed by atoms with Crippen molar-refractivity contribution in [2.45, 2.75) is 26.7 Å². The maximum Gasteiger partial charge on any atom is 0.272 e. The van der Waals surface area contributed by atoms with E-state index in [0.717, 1.165) is 5.56 Å². The highest BCUT2D eigenvalue weighted by molar-refractivity contribution is 6.06. The first-order valence-electron chi connectivity index (χ1n) is 9.25. The van der Waals surface area contributed by atoms with E-state index in [1.54, 1.807) is 23.9 Å². The molecule has 3 heterocycles. The SMILES string of the molecule is Cc1cccn2c(=O)c3cc(C(=O)Nc4ccc(C(C)C)cc4)n(C)c3nc12. The van der Waals surface area contributed by atoms with Gasteiger partial charge in [0.15, 0.2) is 0 Å². The van der Waals surface area contributed by atoms with E-state index >= 15 is 0 Å². The molecule has 4 aromatic rings. The van der Waals surface area contributed by atoms with E-state index in [1.807, 2.05) is 43.3 Å². The van der Waals surface area contributed by atoms with Crippen molar-refractivity contribution in [3.63, 3.8) is 0 Å². The van der Waals surface area contributed by atoms with Crippen LogP contribution in [-0.4, -0.2) is 19.9 Å². The zero-order chi connectivity index (χ0) is 20.0. The van der Waals surface area contributed by atoms with Crippen molar-refractivity contribution in [3.05, 3.63) is 75.8 Å². The minimum atomic E-state index is -0.275. The van der Waals surface area contributed by atoms with Gasteiger partial charge in [-0.3, -0.25) is 14.0 Å². The van der Waals surface area contributed by atoms with Gasteiger partial charge < -0.3 is 9.88 Å². The number of pyridine rings is 1. The molecular formula is C22H22N4O2. The van der Waals surface area contributed by atoms with E-state index < -0.39 is 0 Å². The Morgan fingerprint density at radius 1 is 1.11 bits per heavy atom. The number of hydrogen-bond donors (Lipinski definition) is 1. The first-order chi connectivity index (χ1) is 13.4. The van der Waals surface area contributed by atoms with Crippen molar-refractivity contribution in [1.29, 1.82) is 0 Å². The van der Waals surface area contributed by atoms with Crippen LogP contribution in [-0.2, 0) is 7.05 Å². The molecule has 0 aliphatic carbocycles. The molecule has 0 spiro atoms. The molecule has 6 nitrogen and oxygen atoms in total. The van der Waals surface area contributed by atoms with Crippen LogP contribution in [0.3, 0.4) is 0 Å². The zero-order valence-electron chi connectivity index (χ0n) is 16.4. The van der Waals surface area contributed by atoms with Gasteiger partial charge >= 0.3 is 0 Å². The molecule has 0 bridgehead atoms. The number of carbonyl (C=O) groups excluding carboxylic acids is 1. The fourth-order valence-electron chi connectivity index (χ4n) is 3.39. The summed E-state index contributed by atoms with van der Waals surface area (Å²) in [4.78, 5) is 30.3. The monoisotopic (exact) mass is 374 g/mol. The van der Waals surface area contributed by atoms with E-state index in [1.165, 1.54) is 9.96 Å². The third-order valence-electron chi connectivity index (χ3n) is 5.09. The number of amides is 1. The number of nitrogens with zero attached hydrogens (tertiary/aromatic N) is 3. The lowest BCUT2D eigenvalue weighted by atomic mass is 10.0. The van der Waals surface area contributed by atoms with Crippen molar-refractivity contribution in [2.75, 3.05) is 5.32 Å². The molecule has 0 saturated carbocycles. The maximum atomic E-state index is 12.9. The molecule has 0 atom stereocenters. The molecule has 142 valence electrons. The fourth-order valence-corrected chi connectivity index (χ4v) is 3.39. The van der Waals surface area contributed by atoms with Crippen LogP contribution in [0.1, 0.15) is 41.4 Å². The van der Waals surface area contributed by atoms with Gasteiger partial charge in [0.2, 0.25) is 0 Å². The summed E-state index contributed by atoms with van der Waals surface area (Å²) >= 11 is 0. The van der Waals surface area contributed by atoms with E-state index in [2.05, 4.69) is 24.1 Å². The third kappa shape index (κ3) is 2.87. The zero-order valence-corrected chi connectivity index (χ0v) is 16.4. The van der Waals surface area contributed by atoms with Gasteiger partial charge in [0.1, 0.15) is 17.0 Å². The summed E-state index contributed by atoms with van der Waals surface area (Å²) in [6.45, 7) is 6.16. The Morgan fingerprint density at radius 2 is 1.82 bits per heavy atom. The molecule has 6 heteroatoms. The number of anilines is 1. The Labute approximate surface area is 162 Å². The summed E-state index contributed by atoms with van der Waals surface area (Å²) in [5, 5.41) is 3.32. The molecule has 0 aliphatic heterocycles. The molecule has 4 rings (SSSR count). The Balaban J connectivity index is 1.76. The van der Waals surface area contributed by atoms with Gasteiger partial charge in [-0.1, -0.05) is 32.0 Å². The first-order valence-corrected chi connectivity index (χ1v) is 9.25. The summed E-state index contributed by atoms with van der Waals surface area (Å²) in [6.07, 6.45) is 1.69. The number of carbonyl (C=O) groups is 1. The van der Waals surface area contributed by atoms with E-state index in [-0.39, 0.29) is 11.5 Å². The molecule has 0 unspecified atom stereocenters. The molecule has 0 saturated heterocycles. The van der Waals surface area contributed by atoms with Crippen LogP contribution < -0.4 is 10.9 Å². The first kappa shape index (κ1) is 18.0. The number of hydrogen-bond acceptors (Lipinski definition) is 3. The quantitative estimate of drug-likeness (QED) is 0.592. The van der Waals surface area contributed by atoms with Crippen molar-refractivity contribution < 1.29 is 4.79 Å². The number of fused-ring (bicyclic) bond motifs is 2. The molecule has 0 aliphatic rings. The molecule has 1 aromatic carbocycles. The lowest BCUT2D eigenvalue weighted by Crippen LogP contribution is -2.16. The van der Waals surface area contributed by atoms with E-state index in [4.69, 9.17) is 0 Å². The van der Waals surface area contributed by atoms with Crippen molar-refractivity contribution >= 4 is 28.3 Å². The summed E-state index contributed by atoms with van der Waals surface area (Å²) in [7, 11) is 1.75. The molecule has 28 heavy (non-hydrogen) atoms. The number of benzene rings is 1. The highest BCUT2D eigenvalue weighted by Crippen LogP contribution is 2.20. The molecule has 1 amide bonds. The number of rotatable bonds is 3. The average molecular weight is 374 g/mol. The van der Waals surface area contributed by atoms with Gasteiger partial charge in [-0.05, 0) is 48.2 Å². The largest absolute Gasteiger partial charge is 0.324 e. The van der Waals surface area contributed by atoms with E-state index in [9.17, 15) is 9.59 Å². The van der Waals surface area contributed by atoms with E-state index in [0.29, 0.717) is 34.0 Å². The third-order valence-corrected chi connectivity index (χ3v) is 5.09. The van der Waals surface area contributed by atoms with Crippen molar-refractivity contribution in [3.8, 4) is 0 Å². The minimum Gasteiger partial charge on any atom is -0.324 e. The number of aryl methyl sites for hydroxylation is 2. The Kier molecular flexibility index (Phi) is 4.26. The Morgan fingerprint density at radius 3 is 2.50 bits per heavy atom. The van der Waals surface area contributed by atoms with Crippen molar-refractivity contribution in [2.24, 2.45) is 7.05 Å². The van der Waals surface area contributed by atoms with Gasteiger partial charge in [-0.25, -0.2) is 4.98 Å². The van der Waals surface area contributed by atoms with Crippen LogP contribution in [0.2, 0.25) is 0 Å². The highest BCUT2D eigenvalue weighted by Gasteiger charge is 2.18. The normalized spacial score (nSPS) is 11.5. The second-order valence-electron chi connectivity index (χ2n) is 7.36. The van der Waals surface area contributed by atoms with Gasteiger partial charge in [0.05, 0.1) is 5.39 Å². The molecule has 3 aromatic heterocycles. The minimum absolute atomic E-state index is 0.181. The van der Waals surface area contributed by atoms with Crippen LogP contribution in [0, 0.1) is 6.92 Å². The second kappa shape index (κ2) is 6.64. The van der Waals surface area contributed by atoms with Gasteiger partial charge in [-0.15, -0.1) is 0 Å². The molecule has 1 N–H and O–H groups in total. The van der Waals surface area contributed by atoms with Gasteiger partial charge in [0, 0.05) is 18.9 Å². The van der Waals surface area contributed by atoms with Crippen LogP contribution in [0.4, 0.5) is 5.69 Å². The topological polar surface area (TPSA) is 68.4 Å². The second-order valence-corrected chi connectivity index (χ2v) is 7.36. The summed E-state index contributed by atoms with van der Waals surface area (Å²) in [5.41, 5.74) is 4.13. The summed E-state index contributed by atoms with van der Waals surface area (Å²) in [6, 6.07) is 13.1.